The van der Waals surface area contributed by atoms with Gasteiger partial charge in [-0.25, -0.2) is 0 Å². The predicted molar refractivity (Wildman–Crippen MR) is 67.2 cm³/mol. The zero-order valence-electron chi connectivity index (χ0n) is 10.2. The molecular formula is C13H22N2. The summed E-state index contributed by atoms with van der Waals surface area (Å²) in [5, 5.41) is 3.46. The predicted octanol–water partition coefficient (Wildman–Crippen LogP) is 2.96. The van der Waals surface area contributed by atoms with Crippen LogP contribution in [-0.2, 0) is 6.54 Å². The third kappa shape index (κ3) is 4.34. The molecule has 1 rings (SSSR count). The second-order valence-corrected chi connectivity index (χ2v) is 4.39. The molecule has 0 saturated carbocycles. The maximum absolute atomic E-state index is 3.46. The van der Waals surface area contributed by atoms with E-state index in [4.69, 9.17) is 0 Å². The summed E-state index contributed by atoms with van der Waals surface area (Å²) >= 11 is 0. The van der Waals surface area contributed by atoms with Gasteiger partial charge in [0, 0.05) is 18.3 Å². The standard InChI is InChI=1S/C13H22N2/c1-5-11(2)14-13-8-6-12(7-9-13)10-15(3)4/h6-9,11,14H,5,10H2,1-4H3. The number of benzene rings is 1. The summed E-state index contributed by atoms with van der Waals surface area (Å²) in [6.45, 7) is 5.40. The molecule has 1 aromatic carbocycles. The monoisotopic (exact) mass is 206 g/mol. The molecule has 0 aliphatic heterocycles. The molecule has 0 spiro atoms. The maximum Gasteiger partial charge on any atom is 0.0342 e. The van der Waals surface area contributed by atoms with E-state index in [0.717, 1.165) is 13.0 Å². The van der Waals surface area contributed by atoms with Gasteiger partial charge in [-0.15, -0.1) is 0 Å². The summed E-state index contributed by atoms with van der Waals surface area (Å²) in [5.74, 6) is 0. The highest BCUT2D eigenvalue weighted by Crippen LogP contribution is 2.12. The van der Waals surface area contributed by atoms with Gasteiger partial charge in [-0.3, -0.25) is 0 Å². The van der Waals surface area contributed by atoms with E-state index >= 15 is 0 Å². The first-order valence-electron chi connectivity index (χ1n) is 5.62. The molecule has 0 saturated heterocycles. The van der Waals surface area contributed by atoms with E-state index in [-0.39, 0.29) is 0 Å². The van der Waals surface area contributed by atoms with Crippen molar-refractivity contribution < 1.29 is 0 Å². The van der Waals surface area contributed by atoms with Crippen LogP contribution in [0.2, 0.25) is 0 Å². The molecule has 1 N–H and O–H groups in total. The minimum absolute atomic E-state index is 0.546. The lowest BCUT2D eigenvalue weighted by Gasteiger charge is -2.14. The number of rotatable bonds is 5. The van der Waals surface area contributed by atoms with Crippen LogP contribution in [0, 0.1) is 0 Å². The SMILES string of the molecule is CCC(C)Nc1ccc(CN(C)C)cc1. The Bertz CT molecular complexity index is 277. The van der Waals surface area contributed by atoms with Gasteiger partial charge in [0.1, 0.15) is 0 Å². The Morgan fingerprint density at radius 2 is 1.80 bits per heavy atom. The van der Waals surface area contributed by atoms with Gasteiger partial charge in [-0.2, -0.15) is 0 Å². The summed E-state index contributed by atoms with van der Waals surface area (Å²) in [6.07, 6.45) is 1.15. The first-order chi connectivity index (χ1) is 7.11. The van der Waals surface area contributed by atoms with Crippen LogP contribution in [0.15, 0.2) is 24.3 Å². The van der Waals surface area contributed by atoms with Crippen molar-refractivity contribution in [3.63, 3.8) is 0 Å². The minimum Gasteiger partial charge on any atom is -0.383 e. The molecule has 1 atom stereocenters. The zero-order chi connectivity index (χ0) is 11.3. The Balaban J connectivity index is 2.56. The van der Waals surface area contributed by atoms with Gasteiger partial charge >= 0.3 is 0 Å². The third-order valence-corrected chi connectivity index (χ3v) is 2.48. The molecule has 0 aliphatic rings. The molecule has 1 unspecified atom stereocenters. The molecule has 0 aliphatic carbocycles. The highest BCUT2D eigenvalue weighted by Gasteiger charge is 1.99. The van der Waals surface area contributed by atoms with Crippen LogP contribution in [0.1, 0.15) is 25.8 Å². The fraction of sp³-hybridized carbons (Fsp3) is 0.538. The molecule has 0 heterocycles. The summed E-state index contributed by atoms with van der Waals surface area (Å²) in [4.78, 5) is 2.18. The number of anilines is 1. The quantitative estimate of drug-likeness (QED) is 0.797. The van der Waals surface area contributed by atoms with Crippen LogP contribution in [0.5, 0.6) is 0 Å². The molecule has 0 aromatic heterocycles. The van der Waals surface area contributed by atoms with Crippen LogP contribution in [0.4, 0.5) is 5.69 Å². The topological polar surface area (TPSA) is 15.3 Å². The van der Waals surface area contributed by atoms with Crippen molar-refractivity contribution in [1.82, 2.24) is 4.90 Å². The fourth-order valence-corrected chi connectivity index (χ4v) is 1.46. The normalized spacial score (nSPS) is 12.9. The lowest BCUT2D eigenvalue weighted by Crippen LogP contribution is -2.13. The Kier molecular flexibility index (Phi) is 4.63. The van der Waals surface area contributed by atoms with E-state index in [1.54, 1.807) is 0 Å². The smallest absolute Gasteiger partial charge is 0.0342 e. The number of hydrogen-bond donors (Lipinski definition) is 1. The molecule has 84 valence electrons. The molecular weight excluding hydrogens is 184 g/mol. The number of nitrogens with zero attached hydrogens (tertiary/aromatic N) is 1. The highest BCUT2D eigenvalue weighted by molar-refractivity contribution is 5.45. The lowest BCUT2D eigenvalue weighted by molar-refractivity contribution is 0.402. The van der Waals surface area contributed by atoms with Crippen molar-refractivity contribution >= 4 is 5.69 Å². The zero-order valence-corrected chi connectivity index (χ0v) is 10.2. The summed E-state index contributed by atoms with van der Waals surface area (Å²) < 4.78 is 0. The summed E-state index contributed by atoms with van der Waals surface area (Å²) in [5.41, 5.74) is 2.57. The Morgan fingerprint density at radius 3 is 2.27 bits per heavy atom. The summed E-state index contributed by atoms with van der Waals surface area (Å²) in [6, 6.07) is 9.23. The Morgan fingerprint density at radius 1 is 1.20 bits per heavy atom. The highest BCUT2D eigenvalue weighted by atomic mass is 15.0. The average Bonchev–Trinajstić information content (AvgIpc) is 2.20. The van der Waals surface area contributed by atoms with E-state index < -0.39 is 0 Å². The molecule has 0 bridgehead atoms. The van der Waals surface area contributed by atoms with Gasteiger partial charge in [-0.1, -0.05) is 19.1 Å². The lowest BCUT2D eigenvalue weighted by atomic mass is 10.2. The summed E-state index contributed by atoms with van der Waals surface area (Å²) in [7, 11) is 4.18. The van der Waals surface area contributed by atoms with E-state index in [9.17, 15) is 0 Å². The molecule has 2 heteroatoms. The van der Waals surface area contributed by atoms with Crippen LogP contribution in [0.3, 0.4) is 0 Å². The van der Waals surface area contributed by atoms with Crippen molar-refractivity contribution in [1.29, 1.82) is 0 Å². The largest absolute Gasteiger partial charge is 0.383 e. The first-order valence-corrected chi connectivity index (χ1v) is 5.62. The second kappa shape index (κ2) is 5.76. The van der Waals surface area contributed by atoms with Gasteiger partial charge in [0.2, 0.25) is 0 Å². The van der Waals surface area contributed by atoms with Crippen molar-refractivity contribution in [3.8, 4) is 0 Å². The molecule has 0 fully saturated rings. The average molecular weight is 206 g/mol. The molecule has 0 amide bonds. The van der Waals surface area contributed by atoms with Crippen molar-refractivity contribution in [2.24, 2.45) is 0 Å². The van der Waals surface area contributed by atoms with Gasteiger partial charge in [-0.05, 0) is 45.1 Å². The van der Waals surface area contributed by atoms with Crippen LogP contribution in [-0.4, -0.2) is 25.0 Å². The van der Waals surface area contributed by atoms with Crippen molar-refractivity contribution in [3.05, 3.63) is 29.8 Å². The van der Waals surface area contributed by atoms with E-state index in [0.29, 0.717) is 6.04 Å². The van der Waals surface area contributed by atoms with Gasteiger partial charge < -0.3 is 10.2 Å². The van der Waals surface area contributed by atoms with Crippen LogP contribution < -0.4 is 5.32 Å². The number of hydrogen-bond acceptors (Lipinski definition) is 2. The Labute approximate surface area is 93.3 Å². The van der Waals surface area contributed by atoms with Crippen LogP contribution >= 0.6 is 0 Å². The van der Waals surface area contributed by atoms with Gasteiger partial charge in [0.15, 0.2) is 0 Å². The van der Waals surface area contributed by atoms with E-state index in [1.165, 1.54) is 11.3 Å². The minimum atomic E-state index is 0.546. The molecule has 0 radical (unpaired) electrons. The van der Waals surface area contributed by atoms with E-state index in [2.05, 4.69) is 62.4 Å². The Hall–Kier alpha value is -1.02. The third-order valence-electron chi connectivity index (χ3n) is 2.48. The molecule has 1 aromatic rings. The van der Waals surface area contributed by atoms with Gasteiger partial charge in [0.25, 0.3) is 0 Å². The van der Waals surface area contributed by atoms with Gasteiger partial charge in [0.05, 0.1) is 0 Å². The van der Waals surface area contributed by atoms with Crippen molar-refractivity contribution in [2.45, 2.75) is 32.9 Å². The second-order valence-electron chi connectivity index (χ2n) is 4.39. The molecule has 2 nitrogen and oxygen atoms in total. The van der Waals surface area contributed by atoms with Crippen LogP contribution in [0.25, 0.3) is 0 Å². The first kappa shape index (κ1) is 12.1. The number of nitrogens with one attached hydrogen (secondary N) is 1. The fourth-order valence-electron chi connectivity index (χ4n) is 1.46. The maximum atomic E-state index is 3.46. The van der Waals surface area contributed by atoms with Crippen molar-refractivity contribution in [2.75, 3.05) is 19.4 Å². The van der Waals surface area contributed by atoms with E-state index in [1.807, 2.05) is 0 Å². The molecule has 15 heavy (non-hydrogen) atoms.